The van der Waals surface area contributed by atoms with Gasteiger partial charge in [-0.25, -0.2) is 0 Å². The van der Waals surface area contributed by atoms with Crippen molar-refractivity contribution < 1.29 is 9.84 Å². The standard InChI is InChI=1S/C34H46N2O2/c1-3-36(25-27-10-8-26(9-11-27)18-21-35-19-6-4-5-7-20-35)34-24-32(38-2)16-17-33(34)30-13-12-29-23-31(37)15-14-28(29)22-30/h8-11,14-17,23-24,30,33-34,37H,3-7,12-13,18-22,25H2,1-2H3/t30-,33?,34?/m1/s1. The number of phenols is 1. The molecule has 4 heteroatoms. The minimum Gasteiger partial charge on any atom is -0.508 e. The second-order valence-corrected chi connectivity index (χ2v) is 11.5. The van der Waals surface area contributed by atoms with Crippen molar-refractivity contribution in [2.75, 3.05) is 33.3 Å². The molecule has 3 atom stereocenters. The van der Waals surface area contributed by atoms with Gasteiger partial charge >= 0.3 is 0 Å². The molecule has 2 unspecified atom stereocenters. The van der Waals surface area contributed by atoms with Gasteiger partial charge in [0, 0.05) is 19.1 Å². The van der Waals surface area contributed by atoms with Gasteiger partial charge in [-0.1, -0.05) is 56.2 Å². The van der Waals surface area contributed by atoms with E-state index in [1.165, 1.54) is 67.6 Å². The van der Waals surface area contributed by atoms with Crippen LogP contribution < -0.4 is 0 Å². The number of hydrogen-bond acceptors (Lipinski definition) is 4. The van der Waals surface area contributed by atoms with Gasteiger partial charge < -0.3 is 14.7 Å². The van der Waals surface area contributed by atoms with E-state index in [4.69, 9.17) is 4.74 Å². The fourth-order valence-electron chi connectivity index (χ4n) is 6.79. The predicted octanol–water partition coefficient (Wildman–Crippen LogP) is 6.52. The molecular formula is C34H46N2O2. The summed E-state index contributed by atoms with van der Waals surface area (Å²) in [6, 6.07) is 15.6. The number of likely N-dealkylation sites (tertiary alicyclic amines) is 1. The summed E-state index contributed by atoms with van der Waals surface area (Å²) in [6.07, 6.45) is 16.8. The van der Waals surface area contributed by atoms with Crippen molar-refractivity contribution >= 4 is 0 Å². The van der Waals surface area contributed by atoms with Crippen LogP contribution in [-0.4, -0.2) is 54.2 Å². The van der Waals surface area contributed by atoms with Crippen molar-refractivity contribution in [3.8, 4) is 5.75 Å². The third-order valence-corrected chi connectivity index (χ3v) is 9.10. The van der Waals surface area contributed by atoms with Gasteiger partial charge in [0.05, 0.1) is 7.11 Å². The Labute approximate surface area is 230 Å². The van der Waals surface area contributed by atoms with E-state index in [2.05, 4.69) is 65.3 Å². The second-order valence-electron chi connectivity index (χ2n) is 11.5. The summed E-state index contributed by atoms with van der Waals surface area (Å²) in [6.45, 7) is 7.95. The van der Waals surface area contributed by atoms with E-state index >= 15 is 0 Å². The molecule has 1 N–H and O–H groups in total. The minimum atomic E-state index is 0.311. The quantitative estimate of drug-likeness (QED) is 0.413. The van der Waals surface area contributed by atoms with E-state index in [1.54, 1.807) is 7.11 Å². The molecule has 3 aliphatic rings. The van der Waals surface area contributed by atoms with Crippen LogP contribution in [0.25, 0.3) is 0 Å². The number of aryl methyl sites for hydroxylation is 1. The fourth-order valence-corrected chi connectivity index (χ4v) is 6.79. The zero-order valence-electron chi connectivity index (χ0n) is 23.4. The average Bonchev–Trinajstić information content (AvgIpc) is 3.24. The molecule has 38 heavy (non-hydrogen) atoms. The Morgan fingerprint density at radius 2 is 1.74 bits per heavy atom. The lowest BCUT2D eigenvalue weighted by molar-refractivity contribution is 0.147. The molecule has 2 aliphatic carbocycles. The molecule has 1 saturated heterocycles. The van der Waals surface area contributed by atoms with Gasteiger partial charge in [0.2, 0.25) is 0 Å². The number of likely N-dealkylation sites (N-methyl/N-ethyl adjacent to an activating group) is 1. The second kappa shape index (κ2) is 13.0. The highest BCUT2D eigenvalue weighted by molar-refractivity contribution is 5.37. The molecule has 0 saturated carbocycles. The SMILES string of the molecule is CCN(Cc1ccc(CCN2CCCCCC2)cc1)C1C=C(OC)C=CC1[C@@H]1CCc2cc(O)ccc2C1. The molecule has 0 radical (unpaired) electrons. The monoisotopic (exact) mass is 514 g/mol. The smallest absolute Gasteiger partial charge is 0.116 e. The summed E-state index contributed by atoms with van der Waals surface area (Å²) in [5.41, 5.74) is 5.55. The van der Waals surface area contributed by atoms with Crippen LogP contribution in [0.15, 0.2) is 66.5 Å². The first kappa shape index (κ1) is 27.0. The third-order valence-electron chi connectivity index (χ3n) is 9.10. The van der Waals surface area contributed by atoms with E-state index < -0.39 is 0 Å². The summed E-state index contributed by atoms with van der Waals surface area (Å²) in [5, 5.41) is 9.92. The van der Waals surface area contributed by atoms with Crippen molar-refractivity contribution in [1.82, 2.24) is 9.80 Å². The van der Waals surface area contributed by atoms with Crippen molar-refractivity contribution in [2.45, 2.75) is 70.9 Å². The van der Waals surface area contributed by atoms with E-state index in [0.717, 1.165) is 44.5 Å². The number of methoxy groups -OCH3 is 1. The highest BCUT2D eigenvalue weighted by Gasteiger charge is 2.34. The van der Waals surface area contributed by atoms with Crippen molar-refractivity contribution in [3.63, 3.8) is 0 Å². The molecule has 5 rings (SSSR count). The maximum absolute atomic E-state index is 9.92. The zero-order chi connectivity index (χ0) is 26.3. The normalized spacial score (nSPS) is 24.1. The number of phenolic OH excluding ortho intramolecular Hbond substituents is 1. The van der Waals surface area contributed by atoms with E-state index in [9.17, 15) is 5.11 Å². The van der Waals surface area contributed by atoms with Gasteiger partial charge in [-0.05, 0) is 117 Å². The van der Waals surface area contributed by atoms with Gasteiger partial charge in [-0.15, -0.1) is 0 Å². The molecule has 204 valence electrons. The van der Waals surface area contributed by atoms with Crippen molar-refractivity contribution in [1.29, 1.82) is 0 Å². The number of nitrogens with zero attached hydrogens (tertiary/aromatic N) is 2. The molecular weight excluding hydrogens is 468 g/mol. The Hall–Kier alpha value is -2.56. The Kier molecular flexibility index (Phi) is 9.24. The lowest BCUT2D eigenvalue weighted by Gasteiger charge is -2.41. The zero-order valence-corrected chi connectivity index (χ0v) is 23.4. The van der Waals surface area contributed by atoms with Crippen molar-refractivity contribution in [3.05, 3.63) is 88.7 Å². The number of hydrogen-bond donors (Lipinski definition) is 1. The van der Waals surface area contributed by atoms with Gasteiger partial charge in [-0.2, -0.15) is 0 Å². The highest BCUT2D eigenvalue weighted by Crippen LogP contribution is 2.38. The maximum atomic E-state index is 9.92. The first-order valence-corrected chi connectivity index (χ1v) is 14.9. The first-order chi connectivity index (χ1) is 18.6. The summed E-state index contributed by atoms with van der Waals surface area (Å²) in [4.78, 5) is 5.27. The lowest BCUT2D eigenvalue weighted by Crippen LogP contribution is -2.43. The number of rotatable bonds is 9. The molecule has 1 heterocycles. The van der Waals surface area contributed by atoms with Crippen LogP contribution in [-0.2, 0) is 30.5 Å². The van der Waals surface area contributed by atoms with Crippen LogP contribution in [0.2, 0.25) is 0 Å². The molecule has 2 aromatic rings. The van der Waals surface area contributed by atoms with E-state index in [1.807, 2.05) is 12.1 Å². The van der Waals surface area contributed by atoms with E-state index in [0.29, 0.717) is 23.6 Å². The van der Waals surface area contributed by atoms with Gasteiger partial charge in [0.1, 0.15) is 11.5 Å². The van der Waals surface area contributed by atoms with Crippen LogP contribution >= 0.6 is 0 Å². The Morgan fingerprint density at radius 3 is 2.47 bits per heavy atom. The molecule has 2 aromatic carbocycles. The van der Waals surface area contributed by atoms with Gasteiger partial charge in [0.15, 0.2) is 0 Å². The molecule has 0 bridgehead atoms. The summed E-state index contributed by atoms with van der Waals surface area (Å²) >= 11 is 0. The van der Waals surface area contributed by atoms with Crippen LogP contribution in [0.5, 0.6) is 5.75 Å². The van der Waals surface area contributed by atoms with Crippen LogP contribution in [0.3, 0.4) is 0 Å². The third kappa shape index (κ3) is 6.71. The molecule has 4 nitrogen and oxygen atoms in total. The molecule has 0 aromatic heterocycles. The molecule has 0 spiro atoms. The minimum absolute atomic E-state index is 0.311. The Morgan fingerprint density at radius 1 is 0.974 bits per heavy atom. The molecule has 1 aliphatic heterocycles. The largest absolute Gasteiger partial charge is 0.508 e. The number of allylic oxidation sites excluding steroid dienone is 1. The topological polar surface area (TPSA) is 35.9 Å². The van der Waals surface area contributed by atoms with Gasteiger partial charge in [0.25, 0.3) is 0 Å². The summed E-state index contributed by atoms with van der Waals surface area (Å²) < 4.78 is 5.69. The van der Waals surface area contributed by atoms with Crippen molar-refractivity contribution in [2.24, 2.45) is 11.8 Å². The molecule has 0 amide bonds. The average molecular weight is 515 g/mol. The lowest BCUT2D eigenvalue weighted by atomic mass is 9.72. The van der Waals surface area contributed by atoms with Crippen LogP contribution in [0.1, 0.15) is 61.3 Å². The summed E-state index contributed by atoms with van der Waals surface area (Å²) in [7, 11) is 1.78. The van der Waals surface area contributed by atoms with Crippen LogP contribution in [0.4, 0.5) is 0 Å². The fraction of sp³-hybridized carbons (Fsp3) is 0.529. The number of fused-ring (bicyclic) bond motifs is 1. The number of ether oxygens (including phenoxy) is 1. The first-order valence-electron chi connectivity index (χ1n) is 14.9. The predicted molar refractivity (Wildman–Crippen MR) is 156 cm³/mol. The maximum Gasteiger partial charge on any atom is 0.116 e. The van der Waals surface area contributed by atoms with Crippen LogP contribution in [0, 0.1) is 11.8 Å². The summed E-state index contributed by atoms with van der Waals surface area (Å²) in [5.74, 6) is 2.38. The number of aromatic hydroxyl groups is 1. The van der Waals surface area contributed by atoms with Gasteiger partial charge in [-0.3, -0.25) is 4.90 Å². The highest BCUT2D eigenvalue weighted by atomic mass is 16.5. The number of benzene rings is 2. The Bertz CT molecular complexity index is 1100. The van der Waals surface area contributed by atoms with E-state index in [-0.39, 0.29) is 0 Å². The molecule has 1 fully saturated rings. The Balaban J connectivity index is 1.25.